The largest absolute Gasteiger partial charge is 0.497 e. The van der Waals surface area contributed by atoms with Crippen LogP contribution in [0.1, 0.15) is 12.0 Å². The lowest BCUT2D eigenvalue weighted by Gasteiger charge is -2.10. The SMILES string of the molecule is COc1ccc(C2=NOC(C(=O)Nc3ccc(F)c(Cl)c3)C2)cc1. The fourth-order valence-electron chi connectivity index (χ4n) is 2.27. The van der Waals surface area contributed by atoms with E-state index in [1.54, 1.807) is 7.11 Å². The molecule has 1 N–H and O–H groups in total. The molecule has 7 heteroatoms. The van der Waals surface area contributed by atoms with E-state index in [9.17, 15) is 9.18 Å². The Morgan fingerprint density at radius 3 is 2.75 bits per heavy atom. The van der Waals surface area contributed by atoms with Gasteiger partial charge in [-0.05, 0) is 48.0 Å². The summed E-state index contributed by atoms with van der Waals surface area (Å²) in [6, 6.07) is 11.3. The highest BCUT2D eigenvalue weighted by atomic mass is 35.5. The van der Waals surface area contributed by atoms with Crippen LogP contribution in [0.4, 0.5) is 10.1 Å². The molecule has 124 valence electrons. The van der Waals surface area contributed by atoms with Crippen LogP contribution in [-0.4, -0.2) is 24.8 Å². The number of amides is 1. The summed E-state index contributed by atoms with van der Waals surface area (Å²) in [6.07, 6.45) is -0.404. The fraction of sp³-hybridized carbons (Fsp3) is 0.176. The number of rotatable bonds is 4. The Kier molecular flexibility index (Phi) is 4.66. The molecule has 0 saturated heterocycles. The van der Waals surface area contributed by atoms with E-state index in [0.29, 0.717) is 17.8 Å². The van der Waals surface area contributed by atoms with E-state index >= 15 is 0 Å². The number of benzene rings is 2. The van der Waals surface area contributed by atoms with E-state index in [1.165, 1.54) is 18.2 Å². The van der Waals surface area contributed by atoms with Crippen LogP contribution in [0.25, 0.3) is 0 Å². The van der Waals surface area contributed by atoms with Crippen LogP contribution in [0.5, 0.6) is 5.75 Å². The van der Waals surface area contributed by atoms with E-state index < -0.39 is 11.9 Å². The number of hydrogen-bond donors (Lipinski definition) is 1. The molecule has 1 unspecified atom stereocenters. The van der Waals surface area contributed by atoms with Crippen molar-refractivity contribution in [1.29, 1.82) is 0 Å². The Labute approximate surface area is 143 Å². The quantitative estimate of drug-likeness (QED) is 0.918. The first-order chi connectivity index (χ1) is 11.6. The monoisotopic (exact) mass is 348 g/mol. The molecule has 1 amide bonds. The average molecular weight is 349 g/mol. The second-order valence-electron chi connectivity index (χ2n) is 5.18. The lowest BCUT2D eigenvalue weighted by molar-refractivity contribution is -0.125. The van der Waals surface area contributed by atoms with Crippen LogP contribution in [0, 0.1) is 5.82 Å². The molecule has 0 aromatic heterocycles. The molecule has 2 aromatic carbocycles. The van der Waals surface area contributed by atoms with Gasteiger partial charge in [0.25, 0.3) is 5.91 Å². The van der Waals surface area contributed by atoms with Crippen molar-refractivity contribution in [3.63, 3.8) is 0 Å². The number of nitrogens with one attached hydrogen (secondary N) is 1. The smallest absolute Gasteiger partial charge is 0.268 e. The van der Waals surface area contributed by atoms with Gasteiger partial charge in [0.05, 0.1) is 17.8 Å². The van der Waals surface area contributed by atoms with Crippen molar-refractivity contribution in [1.82, 2.24) is 0 Å². The number of ether oxygens (including phenoxy) is 1. The molecule has 2 aromatic rings. The highest BCUT2D eigenvalue weighted by Crippen LogP contribution is 2.22. The molecule has 0 radical (unpaired) electrons. The Morgan fingerprint density at radius 2 is 2.08 bits per heavy atom. The first kappa shape index (κ1) is 16.3. The van der Waals surface area contributed by atoms with Crippen LogP contribution in [-0.2, 0) is 9.63 Å². The maximum atomic E-state index is 13.1. The second-order valence-corrected chi connectivity index (χ2v) is 5.59. The van der Waals surface area contributed by atoms with Gasteiger partial charge >= 0.3 is 0 Å². The zero-order chi connectivity index (χ0) is 17.1. The summed E-state index contributed by atoms with van der Waals surface area (Å²) in [5.41, 5.74) is 1.93. The van der Waals surface area contributed by atoms with Gasteiger partial charge in [0.2, 0.25) is 6.10 Å². The summed E-state index contributed by atoms with van der Waals surface area (Å²) in [5.74, 6) is -0.178. The van der Waals surface area contributed by atoms with Crippen molar-refractivity contribution in [2.24, 2.45) is 5.16 Å². The number of carbonyl (C=O) groups is 1. The van der Waals surface area contributed by atoms with Gasteiger partial charge in [-0.1, -0.05) is 16.8 Å². The molecule has 0 fully saturated rings. The van der Waals surface area contributed by atoms with Crippen LogP contribution in [0.3, 0.4) is 0 Å². The molecule has 1 aliphatic heterocycles. The maximum Gasteiger partial charge on any atom is 0.268 e. The lowest BCUT2D eigenvalue weighted by atomic mass is 10.0. The predicted molar refractivity (Wildman–Crippen MR) is 89.1 cm³/mol. The van der Waals surface area contributed by atoms with Gasteiger partial charge in [0.1, 0.15) is 11.6 Å². The van der Waals surface area contributed by atoms with Gasteiger partial charge in [0, 0.05) is 12.1 Å². The van der Waals surface area contributed by atoms with Crippen molar-refractivity contribution >= 4 is 28.9 Å². The minimum Gasteiger partial charge on any atom is -0.497 e. The van der Waals surface area contributed by atoms with Crippen molar-refractivity contribution < 1.29 is 18.8 Å². The number of carbonyl (C=O) groups excluding carboxylic acids is 1. The fourth-order valence-corrected chi connectivity index (χ4v) is 2.45. The Balaban J connectivity index is 1.63. The van der Waals surface area contributed by atoms with E-state index in [1.807, 2.05) is 24.3 Å². The molecular weight excluding hydrogens is 335 g/mol. The van der Waals surface area contributed by atoms with Crippen LogP contribution < -0.4 is 10.1 Å². The zero-order valence-corrected chi connectivity index (χ0v) is 13.5. The first-order valence-electron chi connectivity index (χ1n) is 7.20. The summed E-state index contributed by atoms with van der Waals surface area (Å²) >= 11 is 5.69. The Hall–Kier alpha value is -2.60. The molecule has 3 rings (SSSR count). The highest BCUT2D eigenvalue weighted by molar-refractivity contribution is 6.31. The van der Waals surface area contributed by atoms with E-state index in [-0.39, 0.29) is 10.9 Å². The topological polar surface area (TPSA) is 59.9 Å². The number of methoxy groups -OCH3 is 1. The van der Waals surface area contributed by atoms with E-state index in [0.717, 1.165) is 11.3 Å². The van der Waals surface area contributed by atoms with Crippen LogP contribution >= 0.6 is 11.6 Å². The van der Waals surface area contributed by atoms with E-state index in [2.05, 4.69) is 10.5 Å². The molecule has 0 bridgehead atoms. The summed E-state index contributed by atoms with van der Waals surface area (Å²) in [4.78, 5) is 17.4. The molecule has 1 aliphatic rings. The van der Waals surface area contributed by atoms with Gasteiger partial charge in [-0.3, -0.25) is 4.79 Å². The van der Waals surface area contributed by atoms with Crippen molar-refractivity contribution in [3.8, 4) is 5.75 Å². The molecule has 5 nitrogen and oxygen atoms in total. The summed E-state index contributed by atoms with van der Waals surface area (Å²) < 4.78 is 18.2. The first-order valence-corrected chi connectivity index (χ1v) is 7.57. The predicted octanol–water partition coefficient (Wildman–Crippen LogP) is 3.62. The average Bonchev–Trinajstić information content (AvgIpc) is 3.08. The van der Waals surface area contributed by atoms with Gasteiger partial charge in [0.15, 0.2) is 0 Å². The van der Waals surface area contributed by atoms with Crippen molar-refractivity contribution in [2.75, 3.05) is 12.4 Å². The Bertz CT molecular complexity index is 793. The molecule has 0 saturated carbocycles. The zero-order valence-electron chi connectivity index (χ0n) is 12.8. The molecule has 0 aliphatic carbocycles. The van der Waals surface area contributed by atoms with Crippen molar-refractivity contribution in [2.45, 2.75) is 12.5 Å². The van der Waals surface area contributed by atoms with Gasteiger partial charge in [-0.25, -0.2) is 4.39 Å². The third-order valence-corrected chi connectivity index (χ3v) is 3.86. The number of oxime groups is 1. The second kappa shape index (κ2) is 6.88. The number of hydrogen-bond acceptors (Lipinski definition) is 4. The lowest BCUT2D eigenvalue weighted by Crippen LogP contribution is -2.28. The number of nitrogens with zero attached hydrogens (tertiary/aromatic N) is 1. The molecule has 1 heterocycles. The molecule has 0 spiro atoms. The number of anilines is 1. The van der Waals surface area contributed by atoms with Gasteiger partial charge in [-0.2, -0.15) is 0 Å². The van der Waals surface area contributed by atoms with Gasteiger partial charge < -0.3 is 14.9 Å². The van der Waals surface area contributed by atoms with E-state index in [4.69, 9.17) is 21.2 Å². The molecule has 24 heavy (non-hydrogen) atoms. The van der Waals surface area contributed by atoms with Crippen LogP contribution in [0.2, 0.25) is 5.02 Å². The summed E-state index contributed by atoms with van der Waals surface area (Å²) in [7, 11) is 1.59. The Morgan fingerprint density at radius 1 is 1.33 bits per heavy atom. The standard InChI is InChI=1S/C17H14ClFN2O3/c1-23-12-5-2-10(3-6-12)15-9-16(24-21-15)17(22)20-11-4-7-14(19)13(18)8-11/h2-8,16H,9H2,1H3,(H,20,22). The minimum absolute atomic E-state index is 0.0599. The van der Waals surface area contributed by atoms with Crippen LogP contribution in [0.15, 0.2) is 47.6 Å². The van der Waals surface area contributed by atoms with Crippen molar-refractivity contribution in [3.05, 3.63) is 58.9 Å². The number of halogens is 2. The third kappa shape index (κ3) is 3.49. The highest BCUT2D eigenvalue weighted by Gasteiger charge is 2.29. The summed E-state index contributed by atoms with van der Waals surface area (Å²) in [6.45, 7) is 0. The third-order valence-electron chi connectivity index (χ3n) is 3.57. The normalized spacial score (nSPS) is 16.3. The molecular formula is C17H14ClFN2O3. The minimum atomic E-state index is -0.745. The molecule has 1 atom stereocenters. The maximum absolute atomic E-state index is 13.1. The van der Waals surface area contributed by atoms with Gasteiger partial charge in [-0.15, -0.1) is 0 Å². The summed E-state index contributed by atoms with van der Waals surface area (Å²) in [5, 5.41) is 6.54.